The van der Waals surface area contributed by atoms with Crippen molar-refractivity contribution in [1.82, 2.24) is 0 Å². The van der Waals surface area contributed by atoms with Crippen molar-refractivity contribution >= 4 is 6.08 Å². The molecule has 0 fully saturated rings. The van der Waals surface area contributed by atoms with Crippen LogP contribution >= 0.6 is 0 Å². The zero-order valence-electron chi connectivity index (χ0n) is 12.8. The number of benzene rings is 2. The van der Waals surface area contributed by atoms with Gasteiger partial charge in [0.2, 0.25) is 0 Å². The summed E-state index contributed by atoms with van der Waals surface area (Å²) in [7, 11) is 1.61. The van der Waals surface area contributed by atoms with Gasteiger partial charge in [-0.25, -0.2) is 0 Å². The molecule has 0 radical (unpaired) electrons. The molecule has 0 aliphatic rings. The molecule has 0 unspecified atom stereocenters. The third kappa shape index (κ3) is 5.36. The molecule has 122 valence electrons. The van der Waals surface area contributed by atoms with Gasteiger partial charge in [0.15, 0.2) is 0 Å². The topological polar surface area (TPSA) is 18.5 Å². The zero-order chi connectivity index (χ0) is 16.9. The molecule has 5 heteroatoms. The molecule has 0 saturated carbocycles. The van der Waals surface area contributed by atoms with Gasteiger partial charge >= 0.3 is 6.36 Å². The maximum Gasteiger partial charge on any atom is 0.573 e. The van der Waals surface area contributed by atoms with Crippen molar-refractivity contribution < 1.29 is 22.6 Å². The molecule has 2 nitrogen and oxygen atoms in total. The number of methoxy groups -OCH3 is 1. The van der Waals surface area contributed by atoms with E-state index in [2.05, 4.69) is 4.74 Å². The number of ether oxygens (including phenoxy) is 2. The first-order valence-corrected chi connectivity index (χ1v) is 7.05. The Labute approximate surface area is 133 Å². The predicted octanol–water partition coefficient (Wildman–Crippen LogP) is 5.41. The minimum absolute atomic E-state index is 0.0667. The summed E-state index contributed by atoms with van der Waals surface area (Å²) in [5, 5.41) is 0. The second-order valence-corrected chi connectivity index (χ2v) is 5.04. The van der Waals surface area contributed by atoms with Crippen LogP contribution in [-0.2, 0) is 0 Å². The lowest BCUT2D eigenvalue weighted by Gasteiger charge is -2.11. The number of hydrogen-bond donors (Lipinski definition) is 0. The Morgan fingerprint density at radius 2 is 1.48 bits per heavy atom. The molecule has 2 aromatic rings. The Morgan fingerprint density at radius 3 is 2.00 bits per heavy atom. The van der Waals surface area contributed by atoms with E-state index in [1.54, 1.807) is 19.2 Å². The molecular formula is C18H17F3O2. The molecule has 0 N–H and O–H groups in total. The molecular weight excluding hydrogens is 305 g/mol. The maximum atomic E-state index is 12.1. The van der Waals surface area contributed by atoms with Crippen LogP contribution in [0.4, 0.5) is 13.2 Å². The smallest absolute Gasteiger partial charge is 0.497 e. The molecule has 0 saturated heterocycles. The summed E-state index contributed by atoms with van der Waals surface area (Å²) < 4.78 is 45.3. The molecule has 2 rings (SSSR count). The fourth-order valence-corrected chi connectivity index (χ4v) is 2.05. The molecule has 0 aliphatic heterocycles. The van der Waals surface area contributed by atoms with E-state index in [4.69, 9.17) is 4.74 Å². The minimum atomic E-state index is -4.67. The minimum Gasteiger partial charge on any atom is -0.497 e. The Hall–Kier alpha value is -2.43. The van der Waals surface area contributed by atoms with Gasteiger partial charge in [-0.1, -0.05) is 43.3 Å². The number of halogens is 3. The van der Waals surface area contributed by atoms with Gasteiger partial charge < -0.3 is 9.47 Å². The van der Waals surface area contributed by atoms with Gasteiger partial charge in [0, 0.05) is 0 Å². The highest BCUT2D eigenvalue weighted by Crippen LogP contribution is 2.25. The fourth-order valence-electron chi connectivity index (χ4n) is 2.05. The van der Waals surface area contributed by atoms with Crippen LogP contribution in [0.2, 0.25) is 0 Å². The first-order valence-electron chi connectivity index (χ1n) is 7.05. The molecule has 0 amide bonds. The monoisotopic (exact) mass is 322 g/mol. The van der Waals surface area contributed by atoms with E-state index in [9.17, 15) is 13.2 Å². The Bertz CT molecular complexity index is 643. The SMILES string of the molecule is COc1ccc(/C=C/[C@@H](C)c2ccc(OC(F)(F)F)cc2)cc1. The Kier molecular flexibility index (Phi) is 5.32. The van der Waals surface area contributed by atoms with Crippen LogP contribution in [0.25, 0.3) is 6.08 Å². The average Bonchev–Trinajstić information content (AvgIpc) is 2.52. The van der Waals surface area contributed by atoms with Gasteiger partial charge in [-0.05, 0) is 41.3 Å². The van der Waals surface area contributed by atoms with Gasteiger partial charge in [-0.2, -0.15) is 0 Å². The van der Waals surface area contributed by atoms with Crippen LogP contribution in [-0.4, -0.2) is 13.5 Å². The van der Waals surface area contributed by atoms with Gasteiger partial charge in [-0.15, -0.1) is 13.2 Å². The number of alkyl halides is 3. The van der Waals surface area contributed by atoms with E-state index in [1.807, 2.05) is 43.3 Å². The van der Waals surface area contributed by atoms with Gasteiger partial charge in [-0.3, -0.25) is 0 Å². The van der Waals surface area contributed by atoms with Gasteiger partial charge in [0.1, 0.15) is 11.5 Å². The standard InChI is InChI=1S/C18H17F3O2/c1-13(3-4-14-5-9-16(22-2)10-6-14)15-7-11-17(12-8-15)23-18(19,20)21/h3-13H,1-2H3/b4-3+/t13-/m1/s1. The first kappa shape index (κ1) is 16.9. The third-order valence-corrected chi connectivity index (χ3v) is 3.33. The summed E-state index contributed by atoms with van der Waals surface area (Å²) in [6, 6.07) is 13.5. The van der Waals surface area contributed by atoms with Crippen LogP contribution < -0.4 is 9.47 Å². The van der Waals surface area contributed by atoms with Crippen molar-refractivity contribution in [2.24, 2.45) is 0 Å². The van der Waals surface area contributed by atoms with Crippen LogP contribution in [0.15, 0.2) is 54.6 Å². The largest absolute Gasteiger partial charge is 0.573 e. The summed E-state index contributed by atoms with van der Waals surface area (Å²) >= 11 is 0. The van der Waals surface area contributed by atoms with Crippen molar-refractivity contribution in [1.29, 1.82) is 0 Å². The molecule has 0 heterocycles. The summed E-state index contributed by atoms with van der Waals surface area (Å²) in [5.74, 6) is 0.639. The second kappa shape index (κ2) is 7.22. The zero-order valence-corrected chi connectivity index (χ0v) is 12.8. The van der Waals surface area contributed by atoms with E-state index < -0.39 is 6.36 Å². The summed E-state index contributed by atoms with van der Waals surface area (Å²) in [6.07, 6.45) is -0.715. The lowest BCUT2D eigenvalue weighted by atomic mass is 10.00. The van der Waals surface area contributed by atoms with Crippen LogP contribution in [0.5, 0.6) is 11.5 Å². The summed E-state index contributed by atoms with van der Waals surface area (Å²) in [5.41, 5.74) is 1.93. The third-order valence-electron chi connectivity index (χ3n) is 3.33. The number of allylic oxidation sites excluding steroid dienone is 1. The van der Waals surface area contributed by atoms with Crippen LogP contribution in [0, 0.1) is 0 Å². The van der Waals surface area contributed by atoms with Crippen LogP contribution in [0.3, 0.4) is 0 Å². The Balaban J connectivity index is 2.01. The number of rotatable bonds is 5. The van der Waals surface area contributed by atoms with E-state index in [0.717, 1.165) is 16.9 Å². The van der Waals surface area contributed by atoms with Gasteiger partial charge in [0.05, 0.1) is 7.11 Å². The number of hydrogen-bond acceptors (Lipinski definition) is 2. The normalized spacial score (nSPS) is 13.1. The van der Waals surface area contributed by atoms with Crippen molar-refractivity contribution in [3.8, 4) is 11.5 Å². The highest BCUT2D eigenvalue weighted by Gasteiger charge is 2.30. The maximum absolute atomic E-state index is 12.1. The molecule has 2 aromatic carbocycles. The molecule has 23 heavy (non-hydrogen) atoms. The van der Waals surface area contributed by atoms with E-state index in [-0.39, 0.29) is 11.7 Å². The lowest BCUT2D eigenvalue weighted by molar-refractivity contribution is -0.274. The quantitative estimate of drug-likeness (QED) is 0.732. The second-order valence-electron chi connectivity index (χ2n) is 5.04. The summed E-state index contributed by atoms with van der Waals surface area (Å²) in [4.78, 5) is 0. The first-order chi connectivity index (χ1) is 10.9. The molecule has 0 spiro atoms. The van der Waals surface area contributed by atoms with E-state index in [1.165, 1.54) is 12.1 Å². The molecule has 0 aromatic heterocycles. The predicted molar refractivity (Wildman–Crippen MR) is 83.6 cm³/mol. The lowest BCUT2D eigenvalue weighted by Crippen LogP contribution is -2.17. The Morgan fingerprint density at radius 1 is 0.913 bits per heavy atom. The highest BCUT2D eigenvalue weighted by molar-refractivity contribution is 5.52. The summed E-state index contributed by atoms with van der Waals surface area (Å²) in [6.45, 7) is 1.97. The van der Waals surface area contributed by atoms with E-state index in [0.29, 0.717) is 0 Å². The van der Waals surface area contributed by atoms with Gasteiger partial charge in [0.25, 0.3) is 0 Å². The fraction of sp³-hybridized carbons (Fsp3) is 0.222. The average molecular weight is 322 g/mol. The molecule has 0 bridgehead atoms. The van der Waals surface area contributed by atoms with Crippen molar-refractivity contribution in [2.75, 3.05) is 7.11 Å². The van der Waals surface area contributed by atoms with E-state index >= 15 is 0 Å². The highest BCUT2D eigenvalue weighted by atomic mass is 19.4. The van der Waals surface area contributed by atoms with Crippen molar-refractivity contribution in [2.45, 2.75) is 19.2 Å². The molecule has 0 aliphatic carbocycles. The van der Waals surface area contributed by atoms with Crippen molar-refractivity contribution in [3.05, 3.63) is 65.7 Å². The molecule has 1 atom stereocenters. The van der Waals surface area contributed by atoms with Crippen LogP contribution in [0.1, 0.15) is 24.0 Å². The van der Waals surface area contributed by atoms with Crippen molar-refractivity contribution in [3.63, 3.8) is 0 Å².